The molecule has 0 saturated heterocycles. The molecule has 118 valence electrons. The van der Waals surface area contributed by atoms with Crippen LogP contribution in [0.15, 0.2) is 48.5 Å². The molecule has 0 aromatic heterocycles. The summed E-state index contributed by atoms with van der Waals surface area (Å²) in [5.41, 5.74) is 1.78. The molecule has 5 heteroatoms. The van der Waals surface area contributed by atoms with Gasteiger partial charge in [-0.15, -0.1) is 0 Å². The van der Waals surface area contributed by atoms with Crippen molar-refractivity contribution in [3.05, 3.63) is 48.5 Å². The molecule has 0 aliphatic carbocycles. The van der Waals surface area contributed by atoms with Gasteiger partial charge in [-0.1, -0.05) is 30.3 Å². The first-order valence-corrected chi connectivity index (χ1v) is 8.82. The summed E-state index contributed by atoms with van der Waals surface area (Å²) >= 11 is 0. The van der Waals surface area contributed by atoms with E-state index in [2.05, 4.69) is 0 Å². The lowest BCUT2D eigenvalue weighted by molar-refractivity contribution is 0.230. The van der Waals surface area contributed by atoms with Crippen LogP contribution in [-0.2, 0) is 13.6 Å². The highest BCUT2D eigenvalue weighted by molar-refractivity contribution is 7.62. The molecule has 0 unspecified atom stereocenters. The first-order chi connectivity index (χ1) is 10.6. The third kappa shape index (κ3) is 3.58. The van der Waals surface area contributed by atoms with E-state index >= 15 is 0 Å². The highest BCUT2D eigenvalue weighted by Gasteiger charge is 2.29. The normalized spacial score (nSPS) is 11.4. The van der Waals surface area contributed by atoms with Gasteiger partial charge in [0.1, 0.15) is 5.75 Å². The van der Waals surface area contributed by atoms with Crippen molar-refractivity contribution >= 4 is 12.9 Å². The minimum Gasteiger partial charge on any atom is -0.497 e. The fourth-order valence-corrected chi connectivity index (χ4v) is 4.04. The molecule has 0 saturated carbocycles. The Bertz CT molecular complexity index is 642. The Morgan fingerprint density at radius 2 is 1.50 bits per heavy atom. The second kappa shape index (κ2) is 7.59. The molecule has 2 rings (SSSR count). The van der Waals surface area contributed by atoms with Crippen LogP contribution >= 0.6 is 7.60 Å². The molecule has 0 aliphatic heterocycles. The van der Waals surface area contributed by atoms with Gasteiger partial charge >= 0.3 is 7.60 Å². The third-order valence-electron chi connectivity index (χ3n) is 3.20. The van der Waals surface area contributed by atoms with Gasteiger partial charge < -0.3 is 13.8 Å². The zero-order chi connectivity index (χ0) is 16.0. The highest BCUT2D eigenvalue weighted by Crippen LogP contribution is 2.49. The van der Waals surface area contributed by atoms with Crippen molar-refractivity contribution in [2.24, 2.45) is 0 Å². The summed E-state index contributed by atoms with van der Waals surface area (Å²) in [6.45, 7) is 4.27. The zero-order valence-electron chi connectivity index (χ0n) is 13.1. The lowest BCUT2D eigenvalue weighted by Crippen LogP contribution is -2.13. The average molecular weight is 320 g/mol. The van der Waals surface area contributed by atoms with E-state index in [1.54, 1.807) is 13.2 Å². The smallest absolute Gasteiger partial charge is 0.361 e. The molecule has 0 fully saturated rings. The van der Waals surface area contributed by atoms with Crippen molar-refractivity contribution in [1.82, 2.24) is 0 Å². The molecule has 0 atom stereocenters. The highest BCUT2D eigenvalue weighted by atomic mass is 31.2. The number of hydrogen-bond donors (Lipinski definition) is 0. The van der Waals surface area contributed by atoms with Crippen molar-refractivity contribution in [3.63, 3.8) is 0 Å². The van der Waals surface area contributed by atoms with Gasteiger partial charge in [0.25, 0.3) is 0 Å². The quantitative estimate of drug-likeness (QED) is 0.715. The predicted molar refractivity (Wildman–Crippen MR) is 88.9 cm³/mol. The second-order valence-corrected chi connectivity index (χ2v) is 6.57. The Balaban J connectivity index is 2.51. The standard InChI is InChI=1S/C17H21O4P/c1-4-20-22(18,21-5-2)17-9-7-6-8-16(17)14-10-12-15(19-3)13-11-14/h6-13H,4-5H2,1-3H3. The van der Waals surface area contributed by atoms with Gasteiger partial charge in [0, 0.05) is 0 Å². The minimum atomic E-state index is -3.32. The van der Waals surface area contributed by atoms with E-state index in [4.69, 9.17) is 13.8 Å². The van der Waals surface area contributed by atoms with Crippen LogP contribution in [0.4, 0.5) is 0 Å². The summed E-state index contributed by atoms with van der Waals surface area (Å²) < 4.78 is 29.2. The Hall–Kier alpha value is -1.61. The SMILES string of the molecule is CCOP(=O)(OCC)c1ccccc1-c1ccc(OC)cc1. The van der Waals surface area contributed by atoms with Gasteiger partial charge in [-0.2, -0.15) is 0 Å². The average Bonchev–Trinajstić information content (AvgIpc) is 2.55. The van der Waals surface area contributed by atoms with E-state index in [1.807, 2.05) is 56.3 Å². The largest absolute Gasteiger partial charge is 0.497 e. The van der Waals surface area contributed by atoms with Crippen LogP contribution in [0.5, 0.6) is 5.75 Å². The number of rotatable bonds is 7. The van der Waals surface area contributed by atoms with Crippen molar-refractivity contribution in [2.75, 3.05) is 20.3 Å². The summed E-state index contributed by atoms with van der Waals surface area (Å²) in [6.07, 6.45) is 0. The minimum absolute atomic E-state index is 0.328. The van der Waals surface area contributed by atoms with Gasteiger partial charge in [0.15, 0.2) is 0 Å². The molecule has 0 N–H and O–H groups in total. The summed E-state index contributed by atoms with van der Waals surface area (Å²) in [7, 11) is -1.70. The van der Waals surface area contributed by atoms with E-state index < -0.39 is 7.60 Å². The van der Waals surface area contributed by atoms with Crippen molar-refractivity contribution < 1.29 is 18.3 Å². The van der Waals surface area contributed by atoms with Gasteiger partial charge in [-0.25, -0.2) is 0 Å². The molecule has 2 aromatic rings. The maximum atomic E-state index is 13.1. The van der Waals surface area contributed by atoms with E-state index in [0.29, 0.717) is 18.5 Å². The summed E-state index contributed by atoms with van der Waals surface area (Å²) in [5.74, 6) is 0.777. The third-order valence-corrected chi connectivity index (χ3v) is 5.37. The van der Waals surface area contributed by atoms with Gasteiger partial charge in [0.2, 0.25) is 0 Å². The lowest BCUT2D eigenvalue weighted by atomic mass is 10.1. The fraction of sp³-hybridized carbons (Fsp3) is 0.294. The summed E-state index contributed by atoms with van der Waals surface area (Å²) in [5, 5.41) is 0.587. The first-order valence-electron chi connectivity index (χ1n) is 7.27. The first kappa shape index (κ1) is 16.8. The van der Waals surface area contributed by atoms with Crippen LogP contribution < -0.4 is 10.0 Å². The molecule has 0 heterocycles. The second-order valence-electron chi connectivity index (χ2n) is 4.58. The molecule has 22 heavy (non-hydrogen) atoms. The molecule has 0 radical (unpaired) electrons. The van der Waals surface area contributed by atoms with E-state index in [-0.39, 0.29) is 0 Å². The molecule has 0 aliphatic rings. The van der Waals surface area contributed by atoms with Crippen molar-refractivity contribution in [1.29, 1.82) is 0 Å². The van der Waals surface area contributed by atoms with E-state index in [1.165, 1.54) is 0 Å². The van der Waals surface area contributed by atoms with Gasteiger partial charge in [-0.3, -0.25) is 4.57 Å². The summed E-state index contributed by atoms with van der Waals surface area (Å²) in [6, 6.07) is 15.1. The lowest BCUT2D eigenvalue weighted by Gasteiger charge is -2.20. The Morgan fingerprint density at radius 1 is 0.909 bits per heavy atom. The van der Waals surface area contributed by atoms with Crippen LogP contribution in [-0.4, -0.2) is 20.3 Å². The van der Waals surface area contributed by atoms with Crippen molar-refractivity contribution in [3.8, 4) is 16.9 Å². The monoisotopic (exact) mass is 320 g/mol. The fourth-order valence-electron chi connectivity index (χ4n) is 2.24. The van der Waals surface area contributed by atoms with E-state index in [9.17, 15) is 4.57 Å². The van der Waals surface area contributed by atoms with Crippen LogP contribution in [0, 0.1) is 0 Å². The molecular formula is C17H21O4P. The number of methoxy groups -OCH3 is 1. The van der Waals surface area contributed by atoms with Gasteiger partial charge in [-0.05, 0) is 43.2 Å². The molecule has 0 spiro atoms. The number of ether oxygens (including phenoxy) is 1. The molecular weight excluding hydrogens is 299 g/mol. The van der Waals surface area contributed by atoms with Crippen molar-refractivity contribution in [2.45, 2.75) is 13.8 Å². The maximum absolute atomic E-state index is 13.1. The van der Waals surface area contributed by atoms with Crippen LogP contribution in [0.3, 0.4) is 0 Å². The Kier molecular flexibility index (Phi) is 5.78. The van der Waals surface area contributed by atoms with Gasteiger partial charge in [0.05, 0.1) is 25.6 Å². The zero-order valence-corrected chi connectivity index (χ0v) is 14.0. The number of hydrogen-bond acceptors (Lipinski definition) is 4. The summed E-state index contributed by atoms with van der Waals surface area (Å²) in [4.78, 5) is 0. The maximum Gasteiger partial charge on any atom is 0.361 e. The van der Waals surface area contributed by atoms with E-state index in [0.717, 1.165) is 16.9 Å². The topological polar surface area (TPSA) is 44.8 Å². The molecule has 0 bridgehead atoms. The molecule has 2 aromatic carbocycles. The number of benzene rings is 2. The molecule has 0 amide bonds. The van der Waals surface area contributed by atoms with Crippen LogP contribution in [0.25, 0.3) is 11.1 Å². The predicted octanol–water partition coefficient (Wildman–Crippen LogP) is 4.25. The Morgan fingerprint density at radius 3 is 2.05 bits per heavy atom. The van der Waals surface area contributed by atoms with Crippen LogP contribution in [0.2, 0.25) is 0 Å². The molecule has 4 nitrogen and oxygen atoms in total. The Labute approximate surface area is 131 Å². The van der Waals surface area contributed by atoms with Crippen LogP contribution in [0.1, 0.15) is 13.8 Å².